The molecule has 3 heteroatoms. The normalized spacial score (nSPS) is 39.6. The van der Waals surface area contributed by atoms with E-state index in [1.807, 2.05) is 13.8 Å². The van der Waals surface area contributed by atoms with Gasteiger partial charge in [-0.2, -0.15) is 0 Å². The molecular weight excluding hydrogens is 144 g/mol. The van der Waals surface area contributed by atoms with Gasteiger partial charge in [0.05, 0.1) is 0 Å². The van der Waals surface area contributed by atoms with E-state index in [4.69, 9.17) is 9.47 Å². The average Bonchev–Trinajstić information content (AvgIpc) is 2.31. The maximum absolute atomic E-state index is 11.1. The predicted octanol–water partition coefficient (Wildman–Crippen LogP) is 0.645. The molecule has 2 aliphatic rings. The summed E-state index contributed by atoms with van der Waals surface area (Å²) in [6.07, 6.45) is 2.73. The zero-order chi connectivity index (χ0) is 8.06. The molecule has 60 valence electrons. The van der Waals surface area contributed by atoms with Crippen LogP contribution in [0.15, 0.2) is 12.2 Å². The first-order valence-corrected chi connectivity index (χ1v) is 3.66. The van der Waals surface area contributed by atoms with Crippen LogP contribution in [0, 0.1) is 0 Å². The van der Waals surface area contributed by atoms with Gasteiger partial charge in [0, 0.05) is 0 Å². The molecule has 11 heavy (non-hydrogen) atoms. The number of carbonyl (C=O) groups excluding carboxylic acids is 1. The third-order valence-electron chi connectivity index (χ3n) is 1.86. The Morgan fingerprint density at radius 1 is 1.45 bits per heavy atom. The third-order valence-corrected chi connectivity index (χ3v) is 1.86. The quantitative estimate of drug-likeness (QED) is 0.513. The van der Waals surface area contributed by atoms with Crippen molar-refractivity contribution in [1.82, 2.24) is 0 Å². The van der Waals surface area contributed by atoms with Gasteiger partial charge in [-0.05, 0) is 26.0 Å². The van der Waals surface area contributed by atoms with Crippen molar-refractivity contribution in [1.29, 1.82) is 0 Å². The number of rotatable bonds is 0. The van der Waals surface area contributed by atoms with E-state index in [9.17, 15) is 4.79 Å². The Kier molecular flexibility index (Phi) is 1.23. The molecule has 1 saturated heterocycles. The Labute approximate surface area is 65.0 Å². The molecule has 0 bridgehead atoms. The first kappa shape index (κ1) is 7.00. The van der Waals surface area contributed by atoms with Crippen molar-refractivity contribution < 1.29 is 14.3 Å². The van der Waals surface area contributed by atoms with Crippen molar-refractivity contribution in [3.63, 3.8) is 0 Å². The van der Waals surface area contributed by atoms with Crippen LogP contribution in [0.2, 0.25) is 0 Å². The van der Waals surface area contributed by atoms with Gasteiger partial charge in [0.25, 0.3) is 0 Å². The van der Waals surface area contributed by atoms with Gasteiger partial charge in [-0.1, -0.05) is 0 Å². The van der Waals surface area contributed by atoms with Crippen molar-refractivity contribution in [3.05, 3.63) is 12.2 Å². The zero-order valence-corrected chi connectivity index (χ0v) is 6.53. The molecular formula is C8H10O3. The van der Waals surface area contributed by atoms with Crippen molar-refractivity contribution in [2.24, 2.45) is 0 Å². The zero-order valence-electron chi connectivity index (χ0n) is 6.53. The van der Waals surface area contributed by atoms with Gasteiger partial charge in [-0.3, -0.25) is 4.79 Å². The fourth-order valence-corrected chi connectivity index (χ4v) is 1.43. The lowest BCUT2D eigenvalue weighted by atomic mass is 10.2. The van der Waals surface area contributed by atoms with Crippen LogP contribution in [0.25, 0.3) is 0 Å². The molecule has 0 spiro atoms. The van der Waals surface area contributed by atoms with Gasteiger partial charge in [0.15, 0.2) is 17.7 Å². The molecule has 2 atom stereocenters. The molecule has 0 aromatic heterocycles. The lowest BCUT2D eigenvalue weighted by molar-refractivity contribution is -0.152. The van der Waals surface area contributed by atoms with Gasteiger partial charge in [0.2, 0.25) is 0 Å². The topological polar surface area (TPSA) is 35.5 Å². The second-order valence-corrected chi connectivity index (χ2v) is 3.28. The highest BCUT2D eigenvalue weighted by Gasteiger charge is 2.45. The molecule has 2 rings (SSSR count). The summed E-state index contributed by atoms with van der Waals surface area (Å²) in [5.74, 6) is -0.587. The Bertz CT molecular complexity index is 229. The molecule has 1 aliphatic heterocycles. The molecule has 1 heterocycles. The van der Waals surface area contributed by atoms with Crippen molar-refractivity contribution in [3.8, 4) is 0 Å². The second-order valence-electron chi connectivity index (χ2n) is 3.28. The Morgan fingerprint density at radius 3 is 2.82 bits per heavy atom. The Hall–Kier alpha value is -0.670. The summed E-state index contributed by atoms with van der Waals surface area (Å²) in [6.45, 7) is 3.62. The van der Waals surface area contributed by atoms with Crippen molar-refractivity contribution in [2.45, 2.75) is 31.8 Å². The fraction of sp³-hybridized carbons (Fsp3) is 0.625. The molecule has 0 amide bonds. The van der Waals surface area contributed by atoms with E-state index < -0.39 is 5.79 Å². The third kappa shape index (κ3) is 1.01. The maximum Gasteiger partial charge on any atom is 0.187 e. The highest BCUT2D eigenvalue weighted by Crippen LogP contribution is 2.32. The second kappa shape index (κ2) is 1.93. The van der Waals surface area contributed by atoms with Crippen LogP contribution >= 0.6 is 0 Å². The summed E-state index contributed by atoms with van der Waals surface area (Å²) < 4.78 is 10.8. The summed E-state index contributed by atoms with van der Waals surface area (Å²) in [5.41, 5.74) is 0. The van der Waals surface area contributed by atoms with Crippen LogP contribution in [0.1, 0.15) is 13.8 Å². The highest BCUT2D eigenvalue weighted by atomic mass is 16.8. The van der Waals surface area contributed by atoms with Crippen LogP contribution in [-0.2, 0) is 14.3 Å². The standard InChI is InChI=1S/C8H10O3/c1-8(2)10-6-4-3-5(9)7(6)11-8/h3-4,6-7H,1-2H3/t6-,7?/m1/s1. The molecule has 0 radical (unpaired) electrons. The van der Waals surface area contributed by atoms with E-state index in [1.165, 1.54) is 6.08 Å². The Balaban J connectivity index is 2.22. The minimum Gasteiger partial charge on any atom is -0.340 e. The van der Waals surface area contributed by atoms with Gasteiger partial charge in [-0.25, -0.2) is 0 Å². The van der Waals surface area contributed by atoms with Crippen LogP contribution < -0.4 is 0 Å². The molecule has 1 aliphatic carbocycles. The van der Waals surface area contributed by atoms with E-state index in [0.29, 0.717) is 0 Å². The van der Waals surface area contributed by atoms with E-state index in [-0.39, 0.29) is 18.0 Å². The molecule has 0 N–H and O–H groups in total. The van der Waals surface area contributed by atoms with Crippen LogP contribution in [-0.4, -0.2) is 23.8 Å². The minimum atomic E-state index is -0.601. The SMILES string of the molecule is CC1(C)OC2C(=O)C=C[C@H]2O1. The molecule has 3 nitrogen and oxygen atoms in total. The number of fused-ring (bicyclic) bond motifs is 1. The number of carbonyl (C=O) groups is 1. The van der Waals surface area contributed by atoms with E-state index in [2.05, 4.69) is 0 Å². The lowest BCUT2D eigenvalue weighted by Crippen LogP contribution is -2.25. The minimum absolute atomic E-state index is 0.0144. The largest absolute Gasteiger partial charge is 0.340 e. The molecule has 0 aromatic carbocycles. The van der Waals surface area contributed by atoms with Gasteiger partial charge in [-0.15, -0.1) is 0 Å². The first-order valence-electron chi connectivity index (χ1n) is 3.66. The summed E-state index contributed by atoms with van der Waals surface area (Å²) in [7, 11) is 0. The predicted molar refractivity (Wildman–Crippen MR) is 38.0 cm³/mol. The van der Waals surface area contributed by atoms with Crippen molar-refractivity contribution in [2.75, 3.05) is 0 Å². The summed E-state index contributed by atoms with van der Waals surface area (Å²) in [5, 5.41) is 0. The van der Waals surface area contributed by atoms with Crippen molar-refractivity contribution >= 4 is 5.78 Å². The van der Waals surface area contributed by atoms with Crippen LogP contribution in [0.3, 0.4) is 0 Å². The Morgan fingerprint density at radius 2 is 2.18 bits per heavy atom. The number of ketones is 1. The average molecular weight is 154 g/mol. The highest BCUT2D eigenvalue weighted by molar-refractivity contribution is 5.97. The maximum atomic E-state index is 11.1. The summed E-state index contributed by atoms with van der Waals surface area (Å²) in [6, 6.07) is 0. The van der Waals surface area contributed by atoms with E-state index >= 15 is 0 Å². The van der Waals surface area contributed by atoms with E-state index in [1.54, 1.807) is 6.08 Å². The molecule has 0 aromatic rings. The lowest BCUT2D eigenvalue weighted by Gasteiger charge is -2.16. The summed E-state index contributed by atoms with van der Waals surface area (Å²) in [4.78, 5) is 11.1. The molecule has 0 saturated carbocycles. The fourth-order valence-electron chi connectivity index (χ4n) is 1.43. The molecule has 1 fully saturated rings. The molecule has 1 unspecified atom stereocenters. The first-order chi connectivity index (χ1) is 5.08. The number of hydrogen-bond acceptors (Lipinski definition) is 3. The van der Waals surface area contributed by atoms with Gasteiger partial charge >= 0.3 is 0 Å². The van der Waals surface area contributed by atoms with Gasteiger partial charge in [0.1, 0.15) is 6.10 Å². The number of hydrogen-bond donors (Lipinski definition) is 0. The monoisotopic (exact) mass is 154 g/mol. The van der Waals surface area contributed by atoms with E-state index in [0.717, 1.165) is 0 Å². The van der Waals surface area contributed by atoms with Crippen LogP contribution in [0.4, 0.5) is 0 Å². The number of ether oxygens (including phenoxy) is 2. The van der Waals surface area contributed by atoms with Crippen LogP contribution in [0.5, 0.6) is 0 Å². The summed E-state index contributed by atoms with van der Waals surface area (Å²) >= 11 is 0. The van der Waals surface area contributed by atoms with Gasteiger partial charge < -0.3 is 9.47 Å². The smallest absolute Gasteiger partial charge is 0.187 e.